The van der Waals surface area contributed by atoms with E-state index in [-0.39, 0.29) is 5.56 Å². The first-order valence-corrected chi connectivity index (χ1v) is 4.90. The summed E-state index contributed by atoms with van der Waals surface area (Å²) in [6, 6.07) is 0. The lowest BCUT2D eigenvalue weighted by Gasteiger charge is -2.41. The first kappa shape index (κ1) is 7.84. The molecule has 1 fully saturated rings. The molecular weight excluding hydrogens is 180 g/mol. The highest BCUT2D eigenvalue weighted by molar-refractivity contribution is 5.64. The van der Waals surface area contributed by atoms with Crippen LogP contribution in [0.4, 0.5) is 11.5 Å². The molecule has 5 nitrogen and oxygen atoms in total. The van der Waals surface area contributed by atoms with Crippen LogP contribution in [-0.2, 0) is 0 Å². The maximum absolute atomic E-state index is 11.6. The summed E-state index contributed by atoms with van der Waals surface area (Å²) in [6.45, 7) is 1.95. The molecule has 1 saturated heterocycles. The van der Waals surface area contributed by atoms with E-state index in [1.54, 1.807) is 0 Å². The molecule has 0 radical (unpaired) electrons. The molecule has 0 aliphatic carbocycles. The molecule has 0 saturated carbocycles. The number of hydrogen-bond acceptors (Lipinski definition) is 4. The average Bonchev–Trinajstić information content (AvgIpc) is 2.25. The maximum Gasteiger partial charge on any atom is 0.288 e. The van der Waals surface area contributed by atoms with Gasteiger partial charge in [0, 0.05) is 18.7 Å². The predicted molar refractivity (Wildman–Crippen MR) is 53.5 cm³/mol. The van der Waals surface area contributed by atoms with Crippen LogP contribution >= 0.6 is 0 Å². The first-order valence-electron chi connectivity index (χ1n) is 4.90. The van der Waals surface area contributed by atoms with Crippen molar-refractivity contribution >= 4 is 11.5 Å². The molecule has 0 spiro atoms. The fraction of sp³-hybridized carbons (Fsp3) is 0.556. The van der Waals surface area contributed by atoms with Crippen molar-refractivity contribution in [3.63, 3.8) is 0 Å². The van der Waals surface area contributed by atoms with Crippen molar-refractivity contribution < 1.29 is 0 Å². The summed E-state index contributed by atoms with van der Waals surface area (Å²) in [5.41, 5.74) is 7.43. The number of nitrogens with zero attached hydrogens (tertiary/aromatic N) is 2. The third-order valence-corrected chi connectivity index (χ3v) is 3.24. The second-order valence-electron chi connectivity index (χ2n) is 3.96. The molecule has 0 amide bonds. The predicted octanol–water partition coefficient (Wildman–Crippen LogP) is 0.0495. The van der Waals surface area contributed by atoms with Gasteiger partial charge in [-0.2, -0.15) is 5.10 Å². The number of anilines is 2. The topological polar surface area (TPSA) is 75.0 Å². The molecule has 14 heavy (non-hydrogen) atoms. The number of nitrogen functional groups attached to an aromatic ring is 1. The molecule has 1 aromatic rings. The molecule has 0 unspecified atom stereocenters. The molecule has 3 aliphatic rings. The zero-order valence-corrected chi connectivity index (χ0v) is 7.79. The number of hydrogen-bond donors (Lipinski definition) is 2. The smallest absolute Gasteiger partial charge is 0.288 e. The van der Waals surface area contributed by atoms with Gasteiger partial charge in [-0.05, 0) is 18.8 Å². The van der Waals surface area contributed by atoms with E-state index in [1.807, 2.05) is 0 Å². The molecule has 4 rings (SSSR count). The molecule has 1 aromatic heterocycles. The summed E-state index contributed by atoms with van der Waals surface area (Å²) in [5.74, 6) is 0.943. The molecular formula is C9H12N4O. The Balaban J connectivity index is 2.33. The van der Waals surface area contributed by atoms with Gasteiger partial charge in [-0.25, -0.2) is 5.10 Å². The summed E-state index contributed by atoms with van der Waals surface area (Å²) < 4.78 is 0. The van der Waals surface area contributed by atoms with E-state index in [0.29, 0.717) is 11.7 Å². The van der Waals surface area contributed by atoms with Crippen molar-refractivity contribution in [2.24, 2.45) is 0 Å². The second-order valence-corrected chi connectivity index (χ2v) is 3.96. The van der Waals surface area contributed by atoms with Crippen molar-refractivity contribution in [2.45, 2.75) is 18.8 Å². The fourth-order valence-corrected chi connectivity index (χ4v) is 2.58. The van der Waals surface area contributed by atoms with Crippen molar-refractivity contribution in [1.82, 2.24) is 10.2 Å². The third-order valence-electron chi connectivity index (χ3n) is 3.24. The van der Waals surface area contributed by atoms with Gasteiger partial charge in [0.1, 0.15) is 11.5 Å². The molecule has 0 aromatic carbocycles. The summed E-state index contributed by atoms with van der Waals surface area (Å²) >= 11 is 0. The van der Waals surface area contributed by atoms with Gasteiger partial charge in [0.25, 0.3) is 5.56 Å². The minimum Gasteiger partial charge on any atom is -0.382 e. The largest absolute Gasteiger partial charge is 0.382 e. The van der Waals surface area contributed by atoms with E-state index in [0.717, 1.165) is 37.2 Å². The van der Waals surface area contributed by atoms with Crippen molar-refractivity contribution in [3.8, 4) is 0 Å². The zero-order chi connectivity index (χ0) is 9.71. The fourth-order valence-electron chi connectivity index (χ4n) is 2.58. The molecule has 5 heteroatoms. The number of aromatic amines is 1. The Bertz CT molecular complexity index is 431. The molecule has 3 N–H and O–H groups in total. The van der Waals surface area contributed by atoms with Gasteiger partial charge >= 0.3 is 0 Å². The standard InChI is InChI=1S/C9H12N4O/c10-8-6-5-1-3-13(4-2-5)7(6)9(14)12-11-8/h5H,1-4H2,(H2,10,11)(H,12,14). The lowest BCUT2D eigenvalue weighted by atomic mass is 9.84. The molecule has 0 atom stereocenters. The number of nitrogens with one attached hydrogen (secondary N) is 1. The Labute approximate surface area is 80.9 Å². The van der Waals surface area contributed by atoms with Gasteiger partial charge in [0.15, 0.2) is 0 Å². The van der Waals surface area contributed by atoms with E-state index in [4.69, 9.17) is 5.73 Å². The summed E-state index contributed by atoms with van der Waals surface area (Å²) in [4.78, 5) is 13.7. The van der Waals surface area contributed by atoms with Crippen molar-refractivity contribution in [3.05, 3.63) is 15.9 Å². The van der Waals surface area contributed by atoms with E-state index < -0.39 is 0 Å². The number of fused-ring (bicyclic) bond motifs is 2. The maximum atomic E-state index is 11.6. The van der Waals surface area contributed by atoms with Gasteiger partial charge in [-0.1, -0.05) is 0 Å². The third kappa shape index (κ3) is 0.840. The average molecular weight is 192 g/mol. The van der Waals surface area contributed by atoms with Gasteiger partial charge in [-0.3, -0.25) is 4.79 Å². The number of aromatic nitrogens is 2. The van der Waals surface area contributed by atoms with Gasteiger partial charge in [-0.15, -0.1) is 0 Å². The number of rotatable bonds is 0. The lowest BCUT2D eigenvalue weighted by molar-refractivity contribution is 0.471. The van der Waals surface area contributed by atoms with Gasteiger partial charge in [0.2, 0.25) is 0 Å². The van der Waals surface area contributed by atoms with Crippen LogP contribution in [0.5, 0.6) is 0 Å². The summed E-state index contributed by atoms with van der Waals surface area (Å²) in [5, 5.41) is 6.26. The van der Waals surface area contributed by atoms with Crippen molar-refractivity contribution in [1.29, 1.82) is 0 Å². The van der Waals surface area contributed by atoms with Crippen LogP contribution in [0.1, 0.15) is 24.3 Å². The number of H-pyrrole nitrogens is 1. The van der Waals surface area contributed by atoms with Crippen LogP contribution in [0.2, 0.25) is 0 Å². The summed E-state index contributed by atoms with van der Waals surface area (Å²) in [7, 11) is 0. The van der Waals surface area contributed by atoms with Gasteiger partial charge in [0.05, 0.1) is 0 Å². The zero-order valence-electron chi connectivity index (χ0n) is 7.79. The highest BCUT2D eigenvalue weighted by Crippen LogP contribution is 2.41. The number of piperidine rings is 1. The van der Waals surface area contributed by atoms with Crippen LogP contribution in [0, 0.1) is 0 Å². The minimum atomic E-state index is -0.0985. The van der Waals surface area contributed by atoms with Crippen LogP contribution in [0.15, 0.2) is 4.79 Å². The quantitative estimate of drug-likeness (QED) is 0.609. The second kappa shape index (κ2) is 2.50. The Hall–Kier alpha value is -1.52. The Kier molecular flexibility index (Phi) is 1.40. The van der Waals surface area contributed by atoms with E-state index in [1.165, 1.54) is 0 Å². The Morgan fingerprint density at radius 2 is 2.14 bits per heavy atom. The molecule has 4 heterocycles. The van der Waals surface area contributed by atoms with Crippen molar-refractivity contribution in [2.75, 3.05) is 23.7 Å². The van der Waals surface area contributed by atoms with Crippen LogP contribution < -0.4 is 16.2 Å². The van der Waals surface area contributed by atoms with Crippen LogP contribution in [0.3, 0.4) is 0 Å². The Morgan fingerprint density at radius 1 is 1.43 bits per heavy atom. The van der Waals surface area contributed by atoms with E-state index >= 15 is 0 Å². The van der Waals surface area contributed by atoms with E-state index in [2.05, 4.69) is 15.1 Å². The number of nitrogens with two attached hydrogens (primary N) is 1. The molecule has 74 valence electrons. The van der Waals surface area contributed by atoms with Gasteiger partial charge < -0.3 is 10.6 Å². The first-order chi connectivity index (χ1) is 6.77. The van der Waals surface area contributed by atoms with Crippen LogP contribution in [0.25, 0.3) is 0 Å². The Morgan fingerprint density at radius 3 is 2.79 bits per heavy atom. The van der Waals surface area contributed by atoms with Crippen LogP contribution in [-0.4, -0.2) is 23.3 Å². The van der Waals surface area contributed by atoms with E-state index in [9.17, 15) is 4.79 Å². The minimum absolute atomic E-state index is 0.0985. The summed E-state index contributed by atoms with van der Waals surface area (Å²) in [6.07, 6.45) is 2.20. The SMILES string of the molecule is Nc1n[nH]c(=O)c2c1C1CCN2CC1. The molecule has 2 bridgehead atoms. The highest BCUT2D eigenvalue weighted by Gasteiger charge is 2.34. The lowest BCUT2D eigenvalue weighted by Crippen LogP contribution is -2.43. The molecule has 3 aliphatic heterocycles. The normalized spacial score (nSPS) is 19.9. The monoisotopic (exact) mass is 192 g/mol. The highest BCUT2D eigenvalue weighted by atomic mass is 16.1.